The van der Waals surface area contributed by atoms with Gasteiger partial charge in [-0.15, -0.1) is 10.2 Å². The maximum atomic E-state index is 12.6. The number of likely N-dealkylation sites (tertiary alicyclic amines) is 1. The number of methoxy groups -OCH3 is 1. The van der Waals surface area contributed by atoms with Crippen LogP contribution in [0.2, 0.25) is 0 Å². The summed E-state index contributed by atoms with van der Waals surface area (Å²) in [6.07, 6.45) is 5.43. The average molecular weight is 565 g/mol. The number of nitrogens with one attached hydrogen (secondary N) is 3. The highest BCUT2D eigenvalue weighted by atomic mass is 16.5. The first kappa shape index (κ1) is 27.3. The highest BCUT2D eigenvalue weighted by Crippen LogP contribution is 2.39. The fourth-order valence-corrected chi connectivity index (χ4v) is 5.05. The molecule has 1 saturated heterocycles. The molecule has 3 aromatic heterocycles. The predicted octanol–water partition coefficient (Wildman–Crippen LogP) is 3.99. The van der Waals surface area contributed by atoms with Crippen molar-refractivity contribution in [1.82, 2.24) is 30.4 Å². The van der Waals surface area contributed by atoms with Gasteiger partial charge in [0.25, 0.3) is 5.91 Å². The van der Waals surface area contributed by atoms with Gasteiger partial charge in [0.05, 0.1) is 24.2 Å². The molecule has 1 saturated carbocycles. The van der Waals surface area contributed by atoms with Crippen molar-refractivity contribution in [2.75, 3.05) is 37.9 Å². The van der Waals surface area contributed by atoms with Gasteiger partial charge in [-0.2, -0.15) is 0 Å². The summed E-state index contributed by atoms with van der Waals surface area (Å²) in [5, 5.41) is 16.8. The highest BCUT2D eigenvalue weighted by Gasteiger charge is 2.31. The molecule has 0 unspecified atom stereocenters. The number of amides is 2. The lowest BCUT2D eigenvalue weighted by atomic mass is 9.94. The first-order valence-electron chi connectivity index (χ1n) is 14.0. The van der Waals surface area contributed by atoms with Gasteiger partial charge in [0.2, 0.25) is 5.91 Å². The van der Waals surface area contributed by atoms with Gasteiger partial charge in [-0.1, -0.05) is 24.3 Å². The molecular formula is C31H32N8O3. The number of rotatable bonds is 10. The summed E-state index contributed by atoms with van der Waals surface area (Å²) >= 11 is 0. The molecule has 6 rings (SSSR count). The van der Waals surface area contributed by atoms with Crippen molar-refractivity contribution in [3.63, 3.8) is 0 Å². The molecule has 214 valence electrons. The van der Waals surface area contributed by atoms with Crippen molar-refractivity contribution in [3.8, 4) is 16.9 Å². The largest absolute Gasteiger partial charge is 0.494 e. The number of hydrogen-bond donors (Lipinski definition) is 3. The second kappa shape index (κ2) is 11.9. The highest BCUT2D eigenvalue weighted by molar-refractivity contribution is 6.00. The first-order chi connectivity index (χ1) is 20.5. The van der Waals surface area contributed by atoms with Crippen molar-refractivity contribution in [2.45, 2.75) is 25.3 Å². The van der Waals surface area contributed by atoms with Crippen LogP contribution in [-0.2, 0) is 11.3 Å². The summed E-state index contributed by atoms with van der Waals surface area (Å²) in [6, 6.07) is 17.4. The molecule has 11 nitrogen and oxygen atoms in total. The van der Waals surface area contributed by atoms with E-state index >= 15 is 0 Å². The van der Waals surface area contributed by atoms with Crippen LogP contribution < -0.4 is 20.7 Å². The first-order valence-corrected chi connectivity index (χ1v) is 14.0. The maximum Gasteiger partial charge on any atom is 0.273 e. The summed E-state index contributed by atoms with van der Waals surface area (Å²) in [7, 11) is 3.12. The van der Waals surface area contributed by atoms with E-state index in [9.17, 15) is 9.59 Å². The molecule has 0 bridgehead atoms. The van der Waals surface area contributed by atoms with Crippen LogP contribution in [0.5, 0.6) is 5.75 Å². The summed E-state index contributed by atoms with van der Waals surface area (Å²) < 4.78 is 5.84. The Kier molecular flexibility index (Phi) is 7.74. The minimum atomic E-state index is -0.408. The number of hydrogen-bond acceptors (Lipinski definition) is 9. The van der Waals surface area contributed by atoms with Gasteiger partial charge in [-0.3, -0.25) is 24.5 Å². The van der Waals surface area contributed by atoms with Crippen molar-refractivity contribution in [3.05, 3.63) is 84.1 Å². The molecule has 2 amide bonds. The van der Waals surface area contributed by atoms with E-state index in [0.29, 0.717) is 23.0 Å². The van der Waals surface area contributed by atoms with E-state index in [2.05, 4.69) is 48.2 Å². The molecule has 3 N–H and O–H groups in total. The van der Waals surface area contributed by atoms with E-state index in [-0.39, 0.29) is 23.3 Å². The SMILES string of the molecule is CNC(=O)c1nnc(NC(=O)C2CC2)cc1Nc1cccc(-c2ccc(C3CN(Cc4ccccn4)C3)nc2)c1OC. The van der Waals surface area contributed by atoms with Gasteiger partial charge in [-0.05, 0) is 37.1 Å². The van der Waals surface area contributed by atoms with Crippen LogP contribution in [0, 0.1) is 5.92 Å². The standard InChI is InChI=1S/C31H32N8O3/c1-32-31(41)28-26(14-27(37-38-28)36-30(40)19-9-10-19)35-25-8-5-7-23(29(25)42-2)20-11-12-24(34-15-20)21-16-39(17-21)18-22-6-3-4-13-33-22/h3-8,11-15,19,21H,9-10,16-18H2,1-2H3,(H,32,41)(H2,35,36,37,40). The molecular weight excluding hydrogens is 532 g/mol. The van der Waals surface area contributed by atoms with Gasteiger partial charge in [0.15, 0.2) is 11.5 Å². The van der Waals surface area contributed by atoms with E-state index in [1.165, 1.54) is 7.05 Å². The molecule has 2 fully saturated rings. The zero-order chi connectivity index (χ0) is 29.1. The summed E-state index contributed by atoms with van der Waals surface area (Å²) in [5.41, 5.74) is 4.99. The molecule has 1 aliphatic heterocycles. The number of carbonyl (C=O) groups is 2. The Balaban J connectivity index is 1.20. The third-order valence-electron chi connectivity index (χ3n) is 7.51. The van der Waals surface area contributed by atoms with E-state index in [4.69, 9.17) is 9.72 Å². The van der Waals surface area contributed by atoms with Crippen molar-refractivity contribution < 1.29 is 14.3 Å². The van der Waals surface area contributed by atoms with Crippen LogP contribution in [0.15, 0.2) is 67.0 Å². The fraction of sp³-hybridized carbons (Fsp3) is 0.290. The minimum Gasteiger partial charge on any atom is -0.494 e. The molecule has 4 aromatic rings. The van der Waals surface area contributed by atoms with Gasteiger partial charge < -0.3 is 20.7 Å². The fourth-order valence-electron chi connectivity index (χ4n) is 5.05. The molecule has 4 heterocycles. The second-order valence-corrected chi connectivity index (χ2v) is 10.5. The number of pyridine rings is 2. The quantitative estimate of drug-likeness (QED) is 0.261. The van der Waals surface area contributed by atoms with Gasteiger partial charge >= 0.3 is 0 Å². The Hall–Kier alpha value is -4.90. The van der Waals surface area contributed by atoms with Gasteiger partial charge in [0, 0.05) is 73.8 Å². The van der Waals surface area contributed by atoms with E-state index < -0.39 is 5.91 Å². The number of carbonyl (C=O) groups excluding carboxylic acids is 2. The molecule has 1 aromatic carbocycles. The van der Waals surface area contributed by atoms with Crippen LogP contribution in [0.4, 0.5) is 17.2 Å². The Morgan fingerprint density at radius 3 is 2.55 bits per heavy atom. The smallest absolute Gasteiger partial charge is 0.273 e. The molecule has 42 heavy (non-hydrogen) atoms. The minimum absolute atomic E-state index is 0.00779. The van der Waals surface area contributed by atoms with E-state index in [1.54, 1.807) is 13.2 Å². The third kappa shape index (κ3) is 5.91. The Morgan fingerprint density at radius 2 is 1.86 bits per heavy atom. The number of ether oxygens (including phenoxy) is 1. The number of aromatic nitrogens is 4. The number of anilines is 3. The van der Waals surface area contributed by atoms with E-state index in [0.717, 1.165) is 55.0 Å². The molecule has 0 radical (unpaired) electrons. The Bertz CT molecular complexity index is 1590. The maximum absolute atomic E-state index is 12.6. The number of benzene rings is 1. The topological polar surface area (TPSA) is 134 Å². The normalized spacial score (nSPS) is 15.0. The van der Waals surface area contributed by atoms with E-state index in [1.807, 2.05) is 48.8 Å². The lowest BCUT2D eigenvalue weighted by Gasteiger charge is -2.38. The molecule has 11 heteroatoms. The monoisotopic (exact) mass is 564 g/mol. The van der Waals surface area contributed by atoms with Crippen molar-refractivity contribution >= 4 is 29.0 Å². The Morgan fingerprint density at radius 1 is 1.00 bits per heavy atom. The average Bonchev–Trinajstić information content (AvgIpc) is 3.85. The predicted molar refractivity (Wildman–Crippen MR) is 159 cm³/mol. The van der Waals surface area contributed by atoms with Crippen molar-refractivity contribution in [1.29, 1.82) is 0 Å². The second-order valence-electron chi connectivity index (χ2n) is 10.5. The van der Waals surface area contributed by atoms with Crippen LogP contribution in [0.25, 0.3) is 11.1 Å². The number of nitrogens with zero attached hydrogens (tertiary/aromatic N) is 5. The summed E-state index contributed by atoms with van der Waals surface area (Å²) in [5.74, 6) is 0.742. The number of para-hydroxylation sites is 1. The summed E-state index contributed by atoms with van der Waals surface area (Å²) in [4.78, 5) is 36.4. The van der Waals surface area contributed by atoms with Crippen molar-refractivity contribution in [2.24, 2.45) is 5.92 Å². The molecule has 2 aliphatic rings. The third-order valence-corrected chi connectivity index (χ3v) is 7.51. The van der Waals surface area contributed by atoms with Crippen LogP contribution in [0.1, 0.15) is 40.6 Å². The Labute approximate surface area is 243 Å². The van der Waals surface area contributed by atoms with Gasteiger partial charge in [0.1, 0.15) is 5.75 Å². The van der Waals surface area contributed by atoms with Gasteiger partial charge in [-0.25, -0.2) is 0 Å². The van der Waals surface area contributed by atoms with Crippen LogP contribution in [0.3, 0.4) is 0 Å². The molecule has 0 spiro atoms. The van der Waals surface area contributed by atoms with Crippen LogP contribution >= 0.6 is 0 Å². The lowest BCUT2D eigenvalue weighted by Crippen LogP contribution is -2.44. The summed E-state index contributed by atoms with van der Waals surface area (Å²) in [6.45, 7) is 2.74. The lowest BCUT2D eigenvalue weighted by molar-refractivity contribution is -0.117. The zero-order valence-electron chi connectivity index (χ0n) is 23.5. The molecule has 0 atom stereocenters. The molecule has 1 aliphatic carbocycles. The van der Waals surface area contributed by atoms with Crippen LogP contribution in [-0.4, -0.2) is 64.1 Å². The zero-order valence-corrected chi connectivity index (χ0v) is 23.5.